The number of aryl methyl sites for hydroxylation is 4. The van der Waals surface area contributed by atoms with Crippen molar-refractivity contribution in [1.29, 1.82) is 0 Å². The van der Waals surface area contributed by atoms with Crippen molar-refractivity contribution in [3.05, 3.63) is 70.7 Å². The molecule has 7 nitrogen and oxygen atoms in total. The third-order valence-corrected chi connectivity index (χ3v) is 5.01. The standard InChI is InChI=1S/C12H13BrN3.C12H14N3.BHNS.2Ir/c1-3-5-11-14-12(16(2)15-11)9-6-4-7-10(13)8-9;1-3-7-11-13-12(15(2)14-11)10-8-5-4-6-9-10;1-2-3;;/h4,7-8H,3,5H2,1-2H3;4-6,8H,3,7H2,1-2H3;3H;;/q2*-1;;;. The normalized spacial score (nSPS) is 9.47. The number of benzene rings is 2. The molecule has 0 fully saturated rings. The summed E-state index contributed by atoms with van der Waals surface area (Å²) in [5.41, 5.74) is 1.96. The smallest absolute Gasteiger partial charge is 0 e. The van der Waals surface area contributed by atoms with Gasteiger partial charge in [0.25, 0.3) is 0 Å². The van der Waals surface area contributed by atoms with E-state index in [0.717, 1.165) is 64.6 Å². The first-order valence-corrected chi connectivity index (χ1v) is 12.1. The van der Waals surface area contributed by atoms with Gasteiger partial charge in [-0.15, -0.1) is 65.7 Å². The summed E-state index contributed by atoms with van der Waals surface area (Å²) < 4.78 is 7.35. The minimum Gasteiger partial charge on any atom is 0 e. The molecule has 4 aromatic rings. The molecule has 0 aliphatic heterocycles. The van der Waals surface area contributed by atoms with Gasteiger partial charge in [-0.05, 0) is 12.8 Å². The van der Waals surface area contributed by atoms with E-state index < -0.39 is 0 Å². The maximum absolute atomic E-state index is 4.51. The second-order valence-electron chi connectivity index (χ2n) is 7.26. The Kier molecular flexibility index (Phi) is 18.2. The van der Waals surface area contributed by atoms with E-state index in [2.05, 4.69) is 86.8 Å². The summed E-state index contributed by atoms with van der Waals surface area (Å²) in [6.45, 7) is 4.26. The molecule has 0 N–H and O–H groups in total. The van der Waals surface area contributed by atoms with Crippen LogP contribution < -0.4 is 0 Å². The monoisotopic (exact) mass is 922 g/mol. The predicted molar refractivity (Wildman–Crippen MR) is 143 cm³/mol. The van der Waals surface area contributed by atoms with Crippen LogP contribution >= 0.6 is 28.7 Å². The molecule has 4 rings (SSSR count). The van der Waals surface area contributed by atoms with Crippen LogP contribution in [0.3, 0.4) is 0 Å². The number of halogens is 1. The molecule has 3 radical (unpaired) electrons. The molecule has 2 aromatic heterocycles. The molecular formula is C24H28BBrIr2N7S-2. The van der Waals surface area contributed by atoms with Crippen LogP contribution in [0.15, 0.2) is 51.2 Å². The Hall–Kier alpha value is -1.29. The van der Waals surface area contributed by atoms with E-state index in [0.29, 0.717) is 0 Å². The van der Waals surface area contributed by atoms with E-state index >= 15 is 0 Å². The zero-order valence-corrected chi connectivity index (χ0v) is 27.8. The van der Waals surface area contributed by atoms with Gasteiger partial charge >= 0.3 is 24.8 Å². The molecule has 0 spiro atoms. The summed E-state index contributed by atoms with van der Waals surface area (Å²) in [4.78, 5) is 9.00. The average molecular weight is 922 g/mol. The number of nitrogens with zero attached hydrogens (tertiary/aromatic N) is 7. The molecule has 0 atom stereocenters. The molecule has 0 aliphatic carbocycles. The fourth-order valence-corrected chi connectivity index (χ4v) is 3.46. The van der Waals surface area contributed by atoms with Crippen LogP contribution in [0.25, 0.3) is 22.8 Å². The Morgan fingerprint density at radius 3 is 1.83 bits per heavy atom. The van der Waals surface area contributed by atoms with E-state index in [1.165, 1.54) is 0 Å². The maximum Gasteiger partial charge on any atom is 0 e. The Morgan fingerprint density at radius 1 is 0.889 bits per heavy atom. The average Bonchev–Trinajstić information content (AvgIpc) is 3.37. The van der Waals surface area contributed by atoms with Crippen molar-refractivity contribution in [3.63, 3.8) is 0 Å². The van der Waals surface area contributed by atoms with Gasteiger partial charge in [0.15, 0.2) is 0 Å². The molecule has 0 aliphatic rings. The maximum atomic E-state index is 4.51. The van der Waals surface area contributed by atoms with Gasteiger partial charge in [0.05, 0.1) is 11.6 Å². The van der Waals surface area contributed by atoms with Crippen LogP contribution in [0, 0.1) is 12.1 Å². The van der Waals surface area contributed by atoms with Crippen molar-refractivity contribution < 1.29 is 40.2 Å². The van der Waals surface area contributed by atoms with Crippen LogP contribution in [-0.2, 0) is 67.1 Å². The fraction of sp³-hybridized carbons (Fsp3) is 0.333. The molecule has 36 heavy (non-hydrogen) atoms. The largest absolute Gasteiger partial charge is 0 e. The molecule has 12 heteroatoms. The van der Waals surface area contributed by atoms with Crippen LogP contribution in [0.1, 0.15) is 38.3 Å². The number of rotatable bonds is 6. The fourth-order valence-electron chi connectivity index (χ4n) is 3.10. The third-order valence-electron chi connectivity index (χ3n) is 4.52. The predicted octanol–water partition coefficient (Wildman–Crippen LogP) is 5.41. The zero-order chi connectivity index (χ0) is 24.9. The van der Waals surface area contributed by atoms with E-state index in [1.807, 2.05) is 65.9 Å². The minimum absolute atomic E-state index is 0. The summed E-state index contributed by atoms with van der Waals surface area (Å²) in [5, 5.41) is 8.74. The van der Waals surface area contributed by atoms with E-state index in [-0.39, 0.29) is 40.2 Å². The van der Waals surface area contributed by atoms with Gasteiger partial charge < -0.3 is 0 Å². The summed E-state index contributed by atoms with van der Waals surface area (Å²) in [6.07, 6.45) is 3.98. The van der Waals surface area contributed by atoms with Gasteiger partial charge in [-0.25, -0.2) is 0 Å². The summed E-state index contributed by atoms with van der Waals surface area (Å²) in [5.74, 6) is 3.56. The molecule has 0 amide bonds. The number of hydrogen-bond acceptors (Lipinski definition) is 6. The second kappa shape index (κ2) is 18.9. The van der Waals surface area contributed by atoms with Crippen molar-refractivity contribution in [2.45, 2.75) is 39.5 Å². The van der Waals surface area contributed by atoms with Crippen molar-refractivity contribution in [2.24, 2.45) is 18.4 Å². The van der Waals surface area contributed by atoms with Crippen LogP contribution in [-0.4, -0.2) is 37.2 Å². The SMILES string of the molecule is CCCc1nc(-c2[c-]ccc(Br)c2)n(C)n1.CCCc1nc(-c2[c-]cccc2)n(C)n1.[B]=NS.[Ir].[Ir]. The van der Waals surface area contributed by atoms with Crippen LogP contribution in [0.4, 0.5) is 0 Å². The van der Waals surface area contributed by atoms with E-state index in [1.54, 1.807) is 0 Å². The van der Waals surface area contributed by atoms with E-state index in [9.17, 15) is 0 Å². The molecule has 0 saturated heterocycles. The molecule has 0 bridgehead atoms. The summed E-state index contributed by atoms with van der Waals surface area (Å²) in [6, 6.07) is 20.0. The number of hydrogen-bond donors (Lipinski definition) is 1. The van der Waals surface area contributed by atoms with Gasteiger partial charge in [0.2, 0.25) is 0 Å². The number of thiol groups is 1. The van der Waals surface area contributed by atoms with Crippen molar-refractivity contribution in [2.75, 3.05) is 0 Å². The second-order valence-corrected chi connectivity index (χ2v) is 8.41. The van der Waals surface area contributed by atoms with Gasteiger partial charge in [0, 0.05) is 67.1 Å². The van der Waals surface area contributed by atoms with Crippen LogP contribution in [0.5, 0.6) is 0 Å². The van der Waals surface area contributed by atoms with Crippen molar-refractivity contribution in [1.82, 2.24) is 29.5 Å². The van der Waals surface area contributed by atoms with Gasteiger partial charge in [0.1, 0.15) is 11.6 Å². The number of aromatic nitrogens is 6. The third kappa shape index (κ3) is 11.0. The zero-order valence-electron chi connectivity index (χ0n) is 20.6. The first kappa shape index (κ1) is 34.7. The first-order chi connectivity index (χ1) is 16.4. The molecule has 0 saturated carbocycles. The Morgan fingerprint density at radius 2 is 1.39 bits per heavy atom. The first-order valence-electron chi connectivity index (χ1n) is 10.9. The van der Waals surface area contributed by atoms with Crippen molar-refractivity contribution in [3.8, 4) is 22.8 Å². The Balaban J connectivity index is 0.000000585. The Labute approximate surface area is 255 Å². The Bertz CT molecular complexity index is 1170. The molecule has 195 valence electrons. The van der Waals surface area contributed by atoms with Crippen molar-refractivity contribution >= 4 is 36.4 Å². The quantitative estimate of drug-likeness (QED) is 0.160. The topological polar surface area (TPSA) is 73.8 Å². The minimum atomic E-state index is 0. The van der Waals surface area contributed by atoms with Gasteiger partial charge in [-0.2, -0.15) is 10.2 Å². The van der Waals surface area contributed by atoms with Gasteiger partial charge in [-0.3, -0.25) is 19.3 Å². The van der Waals surface area contributed by atoms with Gasteiger partial charge in [-0.1, -0.05) is 34.3 Å². The molecule has 2 aromatic carbocycles. The summed E-state index contributed by atoms with van der Waals surface area (Å²) >= 11 is 6.64. The molecule has 2 heterocycles. The molecular weight excluding hydrogens is 894 g/mol. The van der Waals surface area contributed by atoms with Crippen LogP contribution in [0.2, 0.25) is 0 Å². The van der Waals surface area contributed by atoms with E-state index in [4.69, 9.17) is 0 Å². The summed E-state index contributed by atoms with van der Waals surface area (Å²) in [7, 11) is 8.17. The molecule has 0 unspecified atom stereocenters.